The largest absolute Gasteiger partial charge is 0.345 e. The summed E-state index contributed by atoms with van der Waals surface area (Å²) in [5, 5.41) is 3.40. The van der Waals surface area contributed by atoms with Gasteiger partial charge in [-0.2, -0.15) is 0 Å². The van der Waals surface area contributed by atoms with Gasteiger partial charge in [0.2, 0.25) is 0 Å². The Labute approximate surface area is 181 Å². The van der Waals surface area contributed by atoms with Crippen LogP contribution in [0.3, 0.4) is 0 Å². The Bertz CT molecular complexity index is 1180. The lowest BCUT2D eigenvalue weighted by Gasteiger charge is -2.12. The molecule has 0 fully saturated rings. The number of fused-ring (bicyclic) bond motifs is 1. The molecule has 4 nitrogen and oxygen atoms in total. The zero-order valence-electron chi connectivity index (χ0n) is 17.1. The SMILES string of the molecule is CC(C)c1ccc(Cn2c(CNC(=O)c3ccccc3Cl)nc3ccccc32)cc1. The number of nitrogens with one attached hydrogen (secondary N) is 1. The van der Waals surface area contributed by atoms with Gasteiger partial charge in [0.25, 0.3) is 5.91 Å². The maximum atomic E-state index is 12.6. The first-order valence-corrected chi connectivity index (χ1v) is 10.5. The van der Waals surface area contributed by atoms with Crippen LogP contribution in [0.1, 0.15) is 47.1 Å². The highest BCUT2D eigenvalue weighted by molar-refractivity contribution is 6.33. The first-order valence-electron chi connectivity index (χ1n) is 10.1. The molecule has 5 heteroatoms. The molecular weight excluding hydrogens is 394 g/mol. The molecule has 0 saturated heterocycles. The van der Waals surface area contributed by atoms with Gasteiger partial charge in [-0.15, -0.1) is 0 Å². The molecule has 0 spiro atoms. The minimum absolute atomic E-state index is 0.208. The van der Waals surface area contributed by atoms with Gasteiger partial charge in [0.05, 0.1) is 28.2 Å². The fraction of sp³-hybridized carbons (Fsp3) is 0.200. The summed E-state index contributed by atoms with van der Waals surface area (Å²) in [5.41, 5.74) is 4.94. The fourth-order valence-electron chi connectivity index (χ4n) is 3.53. The lowest BCUT2D eigenvalue weighted by Crippen LogP contribution is -2.25. The molecule has 0 bridgehead atoms. The first-order chi connectivity index (χ1) is 14.5. The molecule has 4 rings (SSSR count). The molecule has 0 atom stereocenters. The Hall–Kier alpha value is -3.11. The quantitative estimate of drug-likeness (QED) is 0.431. The van der Waals surface area contributed by atoms with E-state index >= 15 is 0 Å². The van der Waals surface area contributed by atoms with Gasteiger partial charge in [0.15, 0.2) is 0 Å². The van der Waals surface area contributed by atoms with Crippen molar-refractivity contribution in [1.82, 2.24) is 14.9 Å². The summed E-state index contributed by atoms with van der Waals surface area (Å²) in [4.78, 5) is 17.4. The van der Waals surface area contributed by atoms with Crippen molar-refractivity contribution in [2.75, 3.05) is 0 Å². The molecule has 1 N–H and O–H groups in total. The zero-order chi connectivity index (χ0) is 21.1. The van der Waals surface area contributed by atoms with Gasteiger partial charge in [-0.1, -0.05) is 74.0 Å². The standard InChI is InChI=1S/C25H24ClN3O/c1-17(2)19-13-11-18(12-14-19)16-29-23-10-6-5-9-22(23)28-24(29)15-27-25(30)20-7-3-4-8-21(20)26/h3-14,17H,15-16H2,1-2H3,(H,27,30). The van der Waals surface area contributed by atoms with E-state index in [-0.39, 0.29) is 5.91 Å². The molecule has 3 aromatic carbocycles. The number of hydrogen-bond acceptors (Lipinski definition) is 2. The van der Waals surface area contributed by atoms with Gasteiger partial charge in [-0.3, -0.25) is 4.79 Å². The molecule has 0 aliphatic carbocycles. The van der Waals surface area contributed by atoms with E-state index in [0.717, 1.165) is 16.9 Å². The first kappa shape index (κ1) is 20.2. The minimum Gasteiger partial charge on any atom is -0.345 e. The molecule has 30 heavy (non-hydrogen) atoms. The Morgan fingerprint density at radius 1 is 1.00 bits per heavy atom. The summed E-state index contributed by atoms with van der Waals surface area (Å²) in [7, 11) is 0. The van der Waals surface area contributed by atoms with Gasteiger partial charge in [0, 0.05) is 6.54 Å². The lowest BCUT2D eigenvalue weighted by molar-refractivity contribution is 0.0949. The molecule has 1 heterocycles. The summed E-state index contributed by atoms with van der Waals surface area (Å²) >= 11 is 6.16. The van der Waals surface area contributed by atoms with Crippen LogP contribution < -0.4 is 5.32 Å². The summed E-state index contributed by atoms with van der Waals surface area (Å²) < 4.78 is 2.16. The molecule has 1 amide bonds. The second-order valence-corrected chi connectivity index (χ2v) is 8.07. The van der Waals surface area contributed by atoms with Gasteiger partial charge < -0.3 is 9.88 Å². The Balaban J connectivity index is 1.60. The molecule has 0 saturated carbocycles. The van der Waals surface area contributed by atoms with Crippen molar-refractivity contribution >= 4 is 28.5 Å². The number of nitrogens with zero attached hydrogens (tertiary/aromatic N) is 2. The average molecular weight is 418 g/mol. The van der Waals surface area contributed by atoms with E-state index < -0.39 is 0 Å². The van der Waals surface area contributed by atoms with Crippen molar-refractivity contribution in [3.63, 3.8) is 0 Å². The van der Waals surface area contributed by atoms with Crippen LogP contribution in [-0.2, 0) is 13.1 Å². The highest BCUT2D eigenvalue weighted by Gasteiger charge is 2.14. The average Bonchev–Trinajstić information content (AvgIpc) is 3.10. The van der Waals surface area contributed by atoms with Gasteiger partial charge in [-0.25, -0.2) is 4.98 Å². The monoisotopic (exact) mass is 417 g/mol. The normalized spacial score (nSPS) is 11.2. The Kier molecular flexibility index (Phi) is 5.86. The van der Waals surface area contributed by atoms with Crippen LogP contribution in [0.15, 0.2) is 72.8 Å². The number of imidazole rings is 1. The molecular formula is C25H24ClN3O. The molecule has 0 aliphatic rings. The van der Waals surface area contributed by atoms with Crippen LogP contribution in [0.5, 0.6) is 0 Å². The maximum absolute atomic E-state index is 12.6. The fourth-order valence-corrected chi connectivity index (χ4v) is 3.75. The number of para-hydroxylation sites is 2. The summed E-state index contributed by atoms with van der Waals surface area (Å²) in [6, 6.07) is 23.8. The van der Waals surface area contributed by atoms with Gasteiger partial charge in [0.1, 0.15) is 5.82 Å². The second kappa shape index (κ2) is 8.72. The third kappa shape index (κ3) is 4.24. The number of carbonyl (C=O) groups is 1. The van der Waals surface area contributed by atoms with E-state index in [1.165, 1.54) is 11.1 Å². The number of aromatic nitrogens is 2. The highest BCUT2D eigenvalue weighted by Crippen LogP contribution is 2.20. The molecule has 0 radical (unpaired) electrons. The second-order valence-electron chi connectivity index (χ2n) is 7.66. The lowest BCUT2D eigenvalue weighted by atomic mass is 10.0. The summed E-state index contributed by atoms with van der Waals surface area (Å²) in [6.07, 6.45) is 0. The number of amides is 1. The smallest absolute Gasteiger partial charge is 0.253 e. The van der Waals surface area contributed by atoms with Crippen LogP contribution in [0, 0.1) is 0 Å². The van der Waals surface area contributed by atoms with E-state index in [1.54, 1.807) is 18.2 Å². The van der Waals surface area contributed by atoms with Crippen molar-refractivity contribution in [3.05, 3.63) is 100 Å². The number of carbonyl (C=O) groups excluding carboxylic acids is 1. The Morgan fingerprint density at radius 2 is 1.70 bits per heavy atom. The predicted molar refractivity (Wildman–Crippen MR) is 122 cm³/mol. The molecule has 4 aromatic rings. The minimum atomic E-state index is -0.208. The maximum Gasteiger partial charge on any atom is 0.253 e. The number of halogens is 1. The van der Waals surface area contributed by atoms with Crippen LogP contribution in [0.2, 0.25) is 5.02 Å². The van der Waals surface area contributed by atoms with Crippen LogP contribution in [0.4, 0.5) is 0 Å². The van der Waals surface area contributed by atoms with Crippen molar-refractivity contribution in [2.45, 2.75) is 32.9 Å². The third-order valence-electron chi connectivity index (χ3n) is 5.25. The van der Waals surface area contributed by atoms with E-state index in [9.17, 15) is 4.79 Å². The third-order valence-corrected chi connectivity index (χ3v) is 5.58. The number of rotatable bonds is 6. The van der Waals surface area contributed by atoms with Crippen LogP contribution in [0.25, 0.3) is 11.0 Å². The summed E-state index contributed by atoms with van der Waals surface area (Å²) in [5.74, 6) is 1.11. The van der Waals surface area contributed by atoms with E-state index in [4.69, 9.17) is 16.6 Å². The Morgan fingerprint density at radius 3 is 2.43 bits per heavy atom. The predicted octanol–water partition coefficient (Wildman–Crippen LogP) is 5.79. The van der Waals surface area contributed by atoms with Gasteiger partial charge >= 0.3 is 0 Å². The highest BCUT2D eigenvalue weighted by atomic mass is 35.5. The molecule has 152 valence electrons. The zero-order valence-corrected chi connectivity index (χ0v) is 17.9. The van der Waals surface area contributed by atoms with E-state index in [1.807, 2.05) is 24.3 Å². The number of benzene rings is 3. The van der Waals surface area contributed by atoms with E-state index in [0.29, 0.717) is 29.6 Å². The van der Waals surface area contributed by atoms with Crippen molar-refractivity contribution < 1.29 is 4.79 Å². The van der Waals surface area contributed by atoms with Crippen molar-refractivity contribution in [3.8, 4) is 0 Å². The topological polar surface area (TPSA) is 46.9 Å². The van der Waals surface area contributed by atoms with Crippen LogP contribution >= 0.6 is 11.6 Å². The van der Waals surface area contributed by atoms with Crippen LogP contribution in [-0.4, -0.2) is 15.5 Å². The van der Waals surface area contributed by atoms with E-state index in [2.05, 4.69) is 54.1 Å². The van der Waals surface area contributed by atoms with Gasteiger partial charge in [-0.05, 0) is 41.3 Å². The molecule has 0 aliphatic heterocycles. The summed E-state index contributed by atoms with van der Waals surface area (Å²) in [6.45, 7) is 5.40. The van der Waals surface area contributed by atoms with Crippen molar-refractivity contribution in [2.24, 2.45) is 0 Å². The molecule has 0 unspecified atom stereocenters. The van der Waals surface area contributed by atoms with Crippen molar-refractivity contribution in [1.29, 1.82) is 0 Å². The molecule has 1 aromatic heterocycles. The number of hydrogen-bond donors (Lipinski definition) is 1.